The van der Waals surface area contributed by atoms with Gasteiger partial charge in [0.25, 0.3) is 0 Å². The van der Waals surface area contributed by atoms with Crippen LogP contribution in [0, 0.1) is 29.6 Å². The van der Waals surface area contributed by atoms with Crippen LogP contribution in [0.15, 0.2) is 58.7 Å². The summed E-state index contributed by atoms with van der Waals surface area (Å²) in [5, 5.41) is 35.6. The summed E-state index contributed by atoms with van der Waals surface area (Å²) in [6.45, 7) is 18.0. The maximum Gasteiger partial charge on any atom is 0.316 e. The molecule has 0 amide bonds. The van der Waals surface area contributed by atoms with Crippen molar-refractivity contribution in [3.8, 4) is 0 Å². The van der Waals surface area contributed by atoms with Crippen molar-refractivity contribution in [3.05, 3.63) is 58.7 Å². The molecule has 3 saturated heterocycles. The van der Waals surface area contributed by atoms with Crippen LogP contribution in [0.3, 0.4) is 0 Å². The number of carbonyl (C=O) groups excluding carboxylic acids is 3. The van der Waals surface area contributed by atoms with Crippen molar-refractivity contribution in [2.24, 2.45) is 29.6 Å². The van der Waals surface area contributed by atoms with E-state index >= 15 is 0 Å². The van der Waals surface area contributed by atoms with Gasteiger partial charge in [-0.3, -0.25) is 14.4 Å². The number of esters is 3. The van der Waals surface area contributed by atoms with E-state index in [1.54, 1.807) is 46.8 Å². The summed E-state index contributed by atoms with van der Waals surface area (Å²) in [7, 11) is 0. The van der Waals surface area contributed by atoms with Gasteiger partial charge in [0.2, 0.25) is 5.79 Å². The minimum Gasteiger partial charge on any atom is -0.462 e. The van der Waals surface area contributed by atoms with Crippen molar-refractivity contribution >= 4 is 17.9 Å². The standard InChI is InChI=1S/C42H60O12/c1-11-23(6)34-27(10)35(52-39(46)22(4)5)36(44)41(54-34)19-30-18-29(53-41)16-15-25(8)33(51-38(45)21(2)3)24(7)13-12-14-28-20-49-37-32(43)26(9)17-31(40(47)50-30)42(28,37)48/h11-15,17,21-22,24,27,29-37,43-44,48H,16,18-20H2,1-10H3/b13-12+,23-11+,25-15+,28-14+/t24-,27+,29?,30-,31-,32+,33+,34+,35-,36+,37+,41-,42+/m0/s1. The van der Waals surface area contributed by atoms with E-state index in [1.165, 1.54) is 6.08 Å². The van der Waals surface area contributed by atoms with E-state index in [0.717, 1.165) is 11.1 Å². The molecule has 5 rings (SSSR count). The number of fused-ring (bicyclic) bond motifs is 2. The van der Waals surface area contributed by atoms with Gasteiger partial charge in [-0.05, 0) is 56.4 Å². The van der Waals surface area contributed by atoms with Crippen LogP contribution in [0.4, 0.5) is 0 Å². The molecule has 5 aliphatic rings. The van der Waals surface area contributed by atoms with Crippen LogP contribution >= 0.6 is 0 Å². The zero-order chi connectivity index (χ0) is 39.9. The molecule has 4 heterocycles. The Kier molecular flexibility index (Phi) is 12.9. The highest BCUT2D eigenvalue weighted by atomic mass is 16.7. The second-order valence-electron chi connectivity index (χ2n) is 16.5. The van der Waals surface area contributed by atoms with E-state index in [-0.39, 0.29) is 43.7 Å². The Morgan fingerprint density at radius 1 is 1.00 bits per heavy atom. The first-order chi connectivity index (χ1) is 25.3. The first-order valence-electron chi connectivity index (χ1n) is 19.4. The molecule has 0 saturated carbocycles. The van der Waals surface area contributed by atoms with Crippen LogP contribution in [-0.4, -0.2) is 100 Å². The Labute approximate surface area is 319 Å². The van der Waals surface area contributed by atoms with Crippen molar-refractivity contribution < 1.29 is 58.1 Å². The molecule has 300 valence electrons. The van der Waals surface area contributed by atoms with Crippen LogP contribution < -0.4 is 0 Å². The largest absolute Gasteiger partial charge is 0.462 e. The van der Waals surface area contributed by atoms with Gasteiger partial charge in [0.05, 0.1) is 30.7 Å². The van der Waals surface area contributed by atoms with E-state index in [1.807, 2.05) is 52.8 Å². The van der Waals surface area contributed by atoms with Gasteiger partial charge < -0.3 is 43.7 Å². The summed E-state index contributed by atoms with van der Waals surface area (Å²) >= 11 is 0. The van der Waals surface area contributed by atoms with Crippen molar-refractivity contribution in [3.63, 3.8) is 0 Å². The third-order valence-electron chi connectivity index (χ3n) is 11.7. The van der Waals surface area contributed by atoms with E-state index in [9.17, 15) is 29.7 Å². The molecule has 0 aromatic carbocycles. The normalized spacial score (nSPS) is 42.9. The van der Waals surface area contributed by atoms with Crippen molar-refractivity contribution in [2.45, 2.75) is 149 Å². The number of aliphatic hydroxyl groups is 3. The van der Waals surface area contributed by atoms with Crippen molar-refractivity contribution in [1.29, 1.82) is 0 Å². The Hall–Kier alpha value is -3.13. The molecule has 12 nitrogen and oxygen atoms in total. The topological polar surface area (TPSA) is 167 Å². The summed E-state index contributed by atoms with van der Waals surface area (Å²) in [6, 6.07) is 0. The highest BCUT2D eigenvalue weighted by molar-refractivity contribution is 5.78. The fraction of sp³-hybridized carbons (Fsp3) is 0.690. The van der Waals surface area contributed by atoms with Gasteiger partial charge in [0.15, 0.2) is 0 Å². The van der Waals surface area contributed by atoms with Gasteiger partial charge in [0, 0.05) is 24.7 Å². The molecule has 3 fully saturated rings. The lowest BCUT2D eigenvalue weighted by molar-refractivity contribution is -0.380. The lowest BCUT2D eigenvalue weighted by Gasteiger charge is -2.54. The number of hydrogen-bond donors (Lipinski definition) is 3. The zero-order valence-corrected chi connectivity index (χ0v) is 33.3. The average molecular weight is 757 g/mol. The highest BCUT2D eigenvalue weighted by Gasteiger charge is 2.62. The molecule has 13 atom stereocenters. The maximum absolute atomic E-state index is 14.3. The average Bonchev–Trinajstić information content (AvgIpc) is 3.46. The Morgan fingerprint density at radius 3 is 2.31 bits per heavy atom. The lowest BCUT2D eigenvalue weighted by Crippen LogP contribution is -2.67. The molecular weight excluding hydrogens is 696 g/mol. The van der Waals surface area contributed by atoms with Crippen molar-refractivity contribution in [1.82, 2.24) is 0 Å². The fourth-order valence-electron chi connectivity index (χ4n) is 8.25. The predicted molar refractivity (Wildman–Crippen MR) is 198 cm³/mol. The molecule has 1 unspecified atom stereocenters. The van der Waals surface area contributed by atoms with Crippen LogP contribution in [-0.2, 0) is 42.8 Å². The van der Waals surface area contributed by atoms with Gasteiger partial charge in [-0.1, -0.05) is 78.0 Å². The van der Waals surface area contributed by atoms with Crippen LogP contribution in [0.25, 0.3) is 0 Å². The first-order valence-corrected chi connectivity index (χ1v) is 19.4. The zero-order valence-electron chi connectivity index (χ0n) is 33.3. The molecular formula is C42H60O12. The van der Waals surface area contributed by atoms with Gasteiger partial charge in [-0.2, -0.15) is 0 Å². The van der Waals surface area contributed by atoms with Gasteiger partial charge in [-0.25, -0.2) is 0 Å². The van der Waals surface area contributed by atoms with Gasteiger partial charge in [0.1, 0.15) is 48.1 Å². The number of allylic oxidation sites excluding steroid dienone is 3. The molecule has 1 aliphatic carbocycles. The smallest absolute Gasteiger partial charge is 0.316 e. The monoisotopic (exact) mass is 756 g/mol. The summed E-state index contributed by atoms with van der Waals surface area (Å²) < 4.78 is 37.7. The van der Waals surface area contributed by atoms with E-state index in [4.69, 9.17) is 28.4 Å². The Morgan fingerprint density at radius 2 is 1.67 bits per heavy atom. The molecule has 1 spiro atoms. The number of hydrogen-bond acceptors (Lipinski definition) is 12. The fourth-order valence-corrected chi connectivity index (χ4v) is 8.25. The first kappa shape index (κ1) is 42.0. The molecule has 0 radical (unpaired) electrons. The van der Waals surface area contributed by atoms with Crippen LogP contribution in [0.5, 0.6) is 0 Å². The summed E-state index contributed by atoms with van der Waals surface area (Å²) in [5.74, 6) is -6.13. The van der Waals surface area contributed by atoms with Gasteiger partial charge in [-0.15, -0.1) is 0 Å². The molecule has 0 aromatic rings. The number of aliphatic hydroxyl groups excluding tert-OH is 2. The number of ether oxygens (including phenoxy) is 6. The molecule has 12 heteroatoms. The third kappa shape index (κ3) is 8.06. The second kappa shape index (κ2) is 16.5. The number of carbonyl (C=O) groups is 3. The van der Waals surface area contributed by atoms with Crippen molar-refractivity contribution in [2.75, 3.05) is 6.61 Å². The highest BCUT2D eigenvalue weighted by Crippen LogP contribution is 2.48. The number of rotatable bonds is 5. The Bertz CT molecular complexity index is 1590. The minimum absolute atomic E-state index is 0.0324. The minimum atomic E-state index is -1.93. The molecule has 54 heavy (non-hydrogen) atoms. The van der Waals surface area contributed by atoms with Gasteiger partial charge >= 0.3 is 17.9 Å². The summed E-state index contributed by atoms with van der Waals surface area (Å²) in [6.07, 6.45) is 3.47. The second-order valence-corrected chi connectivity index (χ2v) is 16.5. The lowest BCUT2D eigenvalue weighted by atomic mass is 9.71. The summed E-state index contributed by atoms with van der Waals surface area (Å²) in [5.41, 5.74) is 0.528. The Balaban J connectivity index is 1.63. The van der Waals surface area contributed by atoms with Crippen LogP contribution in [0.2, 0.25) is 0 Å². The third-order valence-corrected chi connectivity index (χ3v) is 11.7. The SMILES string of the molecule is C/C=C(\C)[C@H]1O[C@@]2(C[C@@H]3CC(C/C=C(\C)[C@H](OC(=O)C(C)C)[C@@H](C)/C=C/C=C4\CO[C@@H]5[C@H](O)C(C)=C[C@@H](C(=O)O3)[C@]45O)O2)[C@H](O)[C@@H](OC(=O)C(C)C)[C@@H]1C. The maximum atomic E-state index is 14.3. The van der Waals surface area contributed by atoms with Crippen LogP contribution in [0.1, 0.15) is 88.5 Å². The van der Waals surface area contributed by atoms with E-state index in [0.29, 0.717) is 11.1 Å². The molecule has 0 aromatic heterocycles. The molecule has 3 N–H and O–H groups in total. The quantitative estimate of drug-likeness (QED) is 0.200. The molecule has 2 bridgehead atoms. The summed E-state index contributed by atoms with van der Waals surface area (Å²) in [4.78, 5) is 40.3. The molecule has 4 aliphatic heterocycles. The van der Waals surface area contributed by atoms with E-state index < -0.39 is 89.9 Å². The predicted octanol–water partition coefficient (Wildman–Crippen LogP) is 4.81. The van der Waals surface area contributed by atoms with E-state index in [2.05, 4.69) is 0 Å².